The Morgan fingerprint density at radius 2 is 1.90 bits per heavy atom. The molecule has 0 spiro atoms. The van der Waals surface area contributed by atoms with Crippen LogP contribution in [0.4, 0.5) is 11.9 Å². The van der Waals surface area contributed by atoms with E-state index < -0.39 is 5.60 Å². The lowest BCUT2D eigenvalue weighted by molar-refractivity contribution is -0.160. The van der Waals surface area contributed by atoms with Crippen LogP contribution in [0.2, 0.25) is 0 Å². The normalized spacial score (nSPS) is 19.7. The molecule has 1 aromatic heterocycles. The first-order chi connectivity index (χ1) is 9.74. The first-order valence-electron chi connectivity index (χ1n) is 6.97. The number of aromatic nitrogens is 3. The second-order valence-electron chi connectivity index (χ2n) is 6.13. The topological polar surface area (TPSA) is 120 Å². The Balaban J connectivity index is 2.06. The molecule has 1 aliphatic rings. The summed E-state index contributed by atoms with van der Waals surface area (Å²) in [5, 5.41) is 0. The Hall–Kier alpha value is -1.96. The van der Waals surface area contributed by atoms with Crippen LogP contribution >= 0.6 is 0 Å². The van der Waals surface area contributed by atoms with E-state index >= 15 is 0 Å². The van der Waals surface area contributed by atoms with Crippen LogP contribution < -0.4 is 11.5 Å². The minimum absolute atomic E-state index is 0.0884. The maximum Gasteiger partial charge on any atom is 0.323 e. The van der Waals surface area contributed by atoms with Crippen molar-refractivity contribution in [2.45, 2.75) is 51.8 Å². The van der Waals surface area contributed by atoms with E-state index in [1.165, 1.54) is 0 Å². The van der Waals surface area contributed by atoms with E-state index in [2.05, 4.69) is 15.0 Å². The van der Waals surface area contributed by atoms with Crippen LogP contribution in [-0.2, 0) is 16.1 Å². The zero-order valence-electron chi connectivity index (χ0n) is 12.7. The van der Waals surface area contributed by atoms with Gasteiger partial charge in [0.05, 0.1) is 6.54 Å². The molecular formula is C13H22N6O2. The first kappa shape index (κ1) is 15.4. The van der Waals surface area contributed by atoms with Gasteiger partial charge in [0.15, 0.2) is 0 Å². The maximum atomic E-state index is 12.2. The lowest BCUT2D eigenvalue weighted by Gasteiger charge is -2.26. The minimum atomic E-state index is -0.493. The number of hydrogen-bond acceptors (Lipinski definition) is 8. The smallest absolute Gasteiger partial charge is 0.323 e. The minimum Gasteiger partial charge on any atom is -0.459 e. The Morgan fingerprint density at radius 3 is 2.48 bits per heavy atom. The number of likely N-dealkylation sites (tertiary alicyclic amines) is 1. The standard InChI is InChI=1S/C13H22N6O2/c1-13(2,3)21-10(20)8-5-4-6-19(8)7-9-16-11(14)18-12(15)17-9/h8H,4-7H2,1-3H3,(H4,14,15,16,17,18)/t8-/m1/s1. The maximum absolute atomic E-state index is 12.2. The van der Waals surface area contributed by atoms with Crippen LogP contribution in [0.3, 0.4) is 0 Å². The van der Waals surface area contributed by atoms with E-state index in [1.54, 1.807) is 0 Å². The highest BCUT2D eigenvalue weighted by Gasteiger charge is 2.34. The summed E-state index contributed by atoms with van der Waals surface area (Å²) in [4.78, 5) is 26.0. The first-order valence-corrected chi connectivity index (χ1v) is 6.97. The third-order valence-electron chi connectivity index (χ3n) is 3.10. The van der Waals surface area contributed by atoms with Gasteiger partial charge in [-0.15, -0.1) is 0 Å². The third-order valence-corrected chi connectivity index (χ3v) is 3.10. The number of carbonyl (C=O) groups excluding carboxylic acids is 1. The zero-order valence-corrected chi connectivity index (χ0v) is 12.7. The molecule has 1 fully saturated rings. The monoisotopic (exact) mass is 294 g/mol. The molecule has 1 saturated heterocycles. The second kappa shape index (κ2) is 5.80. The van der Waals surface area contributed by atoms with Crippen molar-refractivity contribution in [1.82, 2.24) is 19.9 Å². The number of rotatable bonds is 3. The molecule has 1 aromatic rings. The van der Waals surface area contributed by atoms with Crippen LogP contribution in [0.1, 0.15) is 39.4 Å². The van der Waals surface area contributed by atoms with Crippen LogP contribution in [0, 0.1) is 0 Å². The number of ether oxygens (including phenoxy) is 1. The summed E-state index contributed by atoms with van der Waals surface area (Å²) in [7, 11) is 0. The average Bonchev–Trinajstić information content (AvgIpc) is 2.73. The molecule has 2 rings (SSSR count). The zero-order chi connectivity index (χ0) is 15.6. The summed E-state index contributed by atoms with van der Waals surface area (Å²) in [6.45, 7) is 6.77. The number of nitrogen functional groups attached to an aromatic ring is 2. The number of nitrogens with two attached hydrogens (primary N) is 2. The molecule has 1 aliphatic heterocycles. The van der Waals surface area contributed by atoms with Crippen molar-refractivity contribution in [3.05, 3.63) is 5.82 Å². The van der Waals surface area contributed by atoms with E-state index in [4.69, 9.17) is 16.2 Å². The summed E-state index contributed by atoms with van der Waals surface area (Å²) in [6.07, 6.45) is 1.70. The third kappa shape index (κ3) is 4.25. The Kier molecular flexibility index (Phi) is 4.26. The van der Waals surface area contributed by atoms with Gasteiger partial charge in [-0.25, -0.2) is 0 Å². The van der Waals surface area contributed by atoms with E-state index in [9.17, 15) is 4.79 Å². The van der Waals surface area contributed by atoms with Gasteiger partial charge in [-0.05, 0) is 40.2 Å². The predicted octanol–water partition coefficient (Wildman–Crippen LogP) is 0.342. The number of hydrogen-bond donors (Lipinski definition) is 2. The van der Waals surface area contributed by atoms with Crippen molar-refractivity contribution in [3.63, 3.8) is 0 Å². The van der Waals surface area contributed by atoms with Gasteiger partial charge in [0, 0.05) is 0 Å². The number of nitrogens with zero attached hydrogens (tertiary/aromatic N) is 4. The molecule has 116 valence electrons. The molecule has 2 heterocycles. The number of esters is 1. The highest BCUT2D eigenvalue weighted by Crippen LogP contribution is 2.22. The summed E-state index contributed by atoms with van der Waals surface area (Å²) < 4.78 is 5.45. The molecule has 0 aliphatic carbocycles. The Bertz CT molecular complexity index is 508. The summed E-state index contributed by atoms with van der Waals surface area (Å²) in [5.41, 5.74) is 10.6. The summed E-state index contributed by atoms with van der Waals surface area (Å²) in [5.74, 6) is 0.432. The summed E-state index contributed by atoms with van der Waals surface area (Å²) in [6, 6.07) is -0.275. The van der Waals surface area contributed by atoms with Crippen LogP contribution in [0.15, 0.2) is 0 Å². The Labute approximate surface area is 123 Å². The fourth-order valence-electron chi connectivity index (χ4n) is 2.36. The van der Waals surface area contributed by atoms with Crippen LogP contribution in [0.25, 0.3) is 0 Å². The van der Waals surface area contributed by atoms with Gasteiger partial charge >= 0.3 is 5.97 Å². The van der Waals surface area contributed by atoms with E-state index in [0.29, 0.717) is 12.4 Å². The molecular weight excluding hydrogens is 272 g/mol. The van der Waals surface area contributed by atoms with Gasteiger partial charge in [-0.3, -0.25) is 9.69 Å². The molecule has 1 atom stereocenters. The van der Waals surface area contributed by atoms with Gasteiger partial charge in [0.25, 0.3) is 0 Å². The molecule has 4 N–H and O–H groups in total. The van der Waals surface area contributed by atoms with Crippen molar-refractivity contribution < 1.29 is 9.53 Å². The molecule has 0 bridgehead atoms. The van der Waals surface area contributed by atoms with Crippen molar-refractivity contribution in [2.75, 3.05) is 18.0 Å². The van der Waals surface area contributed by atoms with Crippen molar-refractivity contribution >= 4 is 17.9 Å². The quantitative estimate of drug-likeness (QED) is 0.766. The molecule has 0 amide bonds. The largest absolute Gasteiger partial charge is 0.459 e. The molecule has 8 nitrogen and oxygen atoms in total. The van der Waals surface area contributed by atoms with Crippen LogP contribution in [0.5, 0.6) is 0 Å². The fraction of sp³-hybridized carbons (Fsp3) is 0.692. The second-order valence-corrected chi connectivity index (χ2v) is 6.13. The van der Waals surface area contributed by atoms with E-state index in [-0.39, 0.29) is 23.9 Å². The van der Waals surface area contributed by atoms with E-state index in [0.717, 1.165) is 19.4 Å². The average molecular weight is 294 g/mol. The van der Waals surface area contributed by atoms with Gasteiger partial charge < -0.3 is 16.2 Å². The number of anilines is 2. The highest BCUT2D eigenvalue weighted by molar-refractivity contribution is 5.76. The Morgan fingerprint density at radius 1 is 1.29 bits per heavy atom. The molecule has 21 heavy (non-hydrogen) atoms. The van der Waals surface area contributed by atoms with Gasteiger partial charge in [0.2, 0.25) is 11.9 Å². The predicted molar refractivity (Wildman–Crippen MR) is 77.9 cm³/mol. The number of carbonyl (C=O) groups is 1. The van der Waals surface area contributed by atoms with Gasteiger partial charge in [-0.2, -0.15) is 15.0 Å². The lowest BCUT2D eigenvalue weighted by atomic mass is 10.1. The van der Waals surface area contributed by atoms with Gasteiger partial charge in [-0.1, -0.05) is 0 Å². The van der Waals surface area contributed by atoms with Crippen LogP contribution in [-0.4, -0.2) is 44.0 Å². The molecule has 0 unspecified atom stereocenters. The lowest BCUT2D eigenvalue weighted by Crippen LogP contribution is -2.40. The SMILES string of the molecule is CC(C)(C)OC(=O)[C@H]1CCCN1Cc1nc(N)nc(N)n1. The molecule has 0 saturated carbocycles. The van der Waals surface area contributed by atoms with E-state index in [1.807, 2.05) is 25.7 Å². The summed E-state index contributed by atoms with van der Waals surface area (Å²) >= 11 is 0. The molecule has 0 radical (unpaired) electrons. The van der Waals surface area contributed by atoms with Crippen molar-refractivity contribution in [1.29, 1.82) is 0 Å². The van der Waals surface area contributed by atoms with Gasteiger partial charge in [0.1, 0.15) is 17.5 Å². The molecule has 0 aromatic carbocycles. The highest BCUT2D eigenvalue weighted by atomic mass is 16.6. The molecule has 8 heteroatoms. The fourth-order valence-corrected chi connectivity index (χ4v) is 2.36. The van der Waals surface area contributed by atoms with Crippen molar-refractivity contribution in [3.8, 4) is 0 Å². The van der Waals surface area contributed by atoms with Crippen molar-refractivity contribution in [2.24, 2.45) is 0 Å².